The van der Waals surface area contributed by atoms with E-state index in [4.69, 9.17) is 23.2 Å². The summed E-state index contributed by atoms with van der Waals surface area (Å²) in [6, 6.07) is 13.9. The molecule has 4 nitrogen and oxygen atoms in total. The molecule has 0 aromatic heterocycles. The number of benzene rings is 2. The summed E-state index contributed by atoms with van der Waals surface area (Å²) in [7, 11) is 0. The first-order chi connectivity index (χ1) is 11.5. The van der Waals surface area contributed by atoms with E-state index in [0.717, 1.165) is 12.0 Å². The molecule has 0 aliphatic carbocycles. The van der Waals surface area contributed by atoms with Crippen molar-refractivity contribution in [1.82, 2.24) is 10.6 Å². The van der Waals surface area contributed by atoms with E-state index in [1.165, 1.54) is 0 Å². The fourth-order valence-corrected chi connectivity index (χ4v) is 2.61. The third kappa shape index (κ3) is 4.98. The van der Waals surface area contributed by atoms with Gasteiger partial charge in [-0.1, -0.05) is 54.4 Å². The van der Waals surface area contributed by atoms with E-state index < -0.39 is 0 Å². The zero-order valence-corrected chi connectivity index (χ0v) is 14.7. The molecule has 6 heteroatoms. The highest BCUT2D eigenvalue weighted by Gasteiger charge is 2.15. The first-order valence-electron chi connectivity index (χ1n) is 7.58. The highest BCUT2D eigenvalue weighted by molar-refractivity contribution is 6.33. The van der Waals surface area contributed by atoms with Crippen LogP contribution >= 0.6 is 23.2 Å². The second kappa shape index (κ2) is 8.71. The molecular weight excluding hydrogens is 347 g/mol. The maximum absolute atomic E-state index is 12.1. The van der Waals surface area contributed by atoms with Crippen LogP contribution in [-0.4, -0.2) is 18.4 Å². The van der Waals surface area contributed by atoms with Gasteiger partial charge in [-0.15, -0.1) is 0 Å². The predicted octanol–water partition coefficient (Wildman–Crippen LogP) is 3.99. The van der Waals surface area contributed by atoms with Gasteiger partial charge in [-0.25, -0.2) is 0 Å². The van der Waals surface area contributed by atoms with Gasteiger partial charge in [-0.2, -0.15) is 0 Å². The Kier molecular flexibility index (Phi) is 6.64. The van der Waals surface area contributed by atoms with Crippen LogP contribution in [0.4, 0.5) is 0 Å². The highest BCUT2D eigenvalue weighted by atomic mass is 35.5. The molecule has 0 fully saturated rings. The maximum Gasteiger partial charge on any atom is 0.253 e. The molecule has 1 atom stereocenters. The van der Waals surface area contributed by atoms with Gasteiger partial charge in [0.15, 0.2) is 0 Å². The average Bonchev–Trinajstić information content (AvgIpc) is 2.59. The second-order valence-corrected chi connectivity index (χ2v) is 6.09. The van der Waals surface area contributed by atoms with Gasteiger partial charge in [0.2, 0.25) is 5.91 Å². The zero-order valence-electron chi connectivity index (χ0n) is 13.2. The fraction of sp³-hybridized carbons (Fsp3) is 0.222. The van der Waals surface area contributed by atoms with E-state index in [9.17, 15) is 9.59 Å². The van der Waals surface area contributed by atoms with Crippen molar-refractivity contribution < 1.29 is 9.59 Å². The molecule has 24 heavy (non-hydrogen) atoms. The number of nitrogens with one attached hydrogen (secondary N) is 2. The minimum Gasteiger partial charge on any atom is -0.348 e. The van der Waals surface area contributed by atoms with E-state index in [1.807, 2.05) is 19.1 Å². The van der Waals surface area contributed by atoms with E-state index in [2.05, 4.69) is 10.6 Å². The number of carbonyl (C=O) groups excluding carboxylic acids is 2. The molecule has 0 saturated carbocycles. The maximum atomic E-state index is 12.1. The fourth-order valence-electron chi connectivity index (χ4n) is 2.26. The monoisotopic (exact) mass is 364 g/mol. The first-order valence-corrected chi connectivity index (χ1v) is 8.34. The number of hydrogen-bond donors (Lipinski definition) is 2. The minimum absolute atomic E-state index is 0.117. The second-order valence-electron chi connectivity index (χ2n) is 5.24. The molecule has 0 radical (unpaired) electrons. The van der Waals surface area contributed by atoms with Gasteiger partial charge in [-0.05, 0) is 36.2 Å². The van der Waals surface area contributed by atoms with Gasteiger partial charge in [0.25, 0.3) is 5.91 Å². The summed E-state index contributed by atoms with van der Waals surface area (Å²) in [5, 5.41) is 6.46. The Morgan fingerprint density at radius 3 is 2.33 bits per heavy atom. The molecular formula is C18H18Cl2N2O2. The van der Waals surface area contributed by atoms with Crippen LogP contribution < -0.4 is 10.6 Å². The third-order valence-electron chi connectivity index (χ3n) is 3.54. The van der Waals surface area contributed by atoms with E-state index in [1.54, 1.807) is 36.4 Å². The molecule has 2 aromatic carbocycles. The van der Waals surface area contributed by atoms with Crippen LogP contribution in [0.5, 0.6) is 0 Å². The summed E-state index contributed by atoms with van der Waals surface area (Å²) in [4.78, 5) is 24.1. The molecule has 0 heterocycles. The van der Waals surface area contributed by atoms with Gasteiger partial charge in [0.1, 0.15) is 0 Å². The molecule has 2 amide bonds. The molecule has 126 valence electrons. The summed E-state index contributed by atoms with van der Waals surface area (Å²) >= 11 is 11.8. The molecule has 0 bridgehead atoms. The van der Waals surface area contributed by atoms with Crippen molar-refractivity contribution in [2.45, 2.75) is 19.4 Å². The molecule has 0 spiro atoms. The largest absolute Gasteiger partial charge is 0.348 e. The Hall–Kier alpha value is -2.04. The number of halogens is 2. The van der Waals surface area contributed by atoms with Crippen LogP contribution in [0.2, 0.25) is 10.0 Å². The van der Waals surface area contributed by atoms with E-state index >= 15 is 0 Å². The summed E-state index contributed by atoms with van der Waals surface area (Å²) in [6.45, 7) is 1.86. The molecule has 2 rings (SSSR count). The van der Waals surface area contributed by atoms with Crippen LogP contribution in [0, 0.1) is 0 Å². The van der Waals surface area contributed by atoms with Crippen molar-refractivity contribution >= 4 is 35.0 Å². The van der Waals surface area contributed by atoms with Gasteiger partial charge in [-0.3, -0.25) is 9.59 Å². The molecule has 0 aliphatic heterocycles. The number of rotatable bonds is 6. The average molecular weight is 365 g/mol. The topological polar surface area (TPSA) is 58.2 Å². The van der Waals surface area contributed by atoms with Crippen molar-refractivity contribution in [3.63, 3.8) is 0 Å². The lowest BCUT2D eigenvalue weighted by Gasteiger charge is -2.18. The van der Waals surface area contributed by atoms with Crippen LogP contribution in [0.15, 0.2) is 48.5 Å². The van der Waals surface area contributed by atoms with Crippen molar-refractivity contribution in [2.75, 3.05) is 6.54 Å². The lowest BCUT2D eigenvalue weighted by atomic mass is 10.0. The quantitative estimate of drug-likeness (QED) is 0.813. The number of hydrogen-bond acceptors (Lipinski definition) is 2. The zero-order chi connectivity index (χ0) is 17.5. The SMILES string of the molecule is CCC(NC(=O)CNC(=O)c1ccccc1Cl)c1ccc(Cl)cc1. The van der Waals surface area contributed by atoms with Crippen LogP contribution in [-0.2, 0) is 4.79 Å². The van der Waals surface area contributed by atoms with Crippen molar-refractivity contribution in [2.24, 2.45) is 0 Å². The summed E-state index contributed by atoms with van der Waals surface area (Å²) in [5.74, 6) is -0.646. The molecule has 1 unspecified atom stereocenters. The Morgan fingerprint density at radius 2 is 1.71 bits per heavy atom. The third-order valence-corrected chi connectivity index (χ3v) is 4.13. The Labute approximate surface area is 151 Å². The summed E-state index contributed by atoms with van der Waals surface area (Å²) in [6.07, 6.45) is 0.728. The standard InChI is InChI=1S/C18H18Cl2N2O2/c1-2-16(12-7-9-13(19)10-8-12)22-17(23)11-21-18(24)14-5-3-4-6-15(14)20/h3-10,16H,2,11H2,1H3,(H,21,24)(H,22,23). The van der Waals surface area contributed by atoms with E-state index in [0.29, 0.717) is 15.6 Å². The summed E-state index contributed by atoms with van der Waals surface area (Å²) < 4.78 is 0. The first kappa shape index (κ1) is 18.3. The molecule has 0 aliphatic rings. The minimum atomic E-state index is -0.379. The van der Waals surface area contributed by atoms with Gasteiger partial charge in [0.05, 0.1) is 23.2 Å². The van der Waals surface area contributed by atoms with Gasteiger partial charge < -0.3 is 10.6 Å². The Balaban J connectivity index is 1.91. The molecule has 0 saturated heterocycles. The molecule has 2 N–H and O–H groups in total. The Morgan fingerprint density at radius 1 is 1.04 bits per heavy atom. The normalized spacial score (nSPS) is 11.6. The van der Waals surface area contributed by atoms with Gasteiger partial charge >= 0.3 is 0 Å². The van der Waals surface area contributed by atoms with E-state index in [-0.39, 0.29) is 24.4 Å². The highest BCUT2D eigenvalue weighted by Crippen LogP contribution is 2.19. The molecule has 2 aromatic rings. The van der Waals surface area contributed by atoms with Gasteiger partial charge in [0, 0.05) is 5.02 Å². The van der Waals surface area contributed by atoms with Crippen LogP contribution in [0.1, 0.15) is 35.3 Å². The lowest BCUT2D eigenvalue weighted by Crippen LogP contribution is -2.38. The summed E-state index contributed by atoms with van der Waals surface area (Å²) in [5.41, 5.74) is 1.31. The lowest BCUT2D eigenvalue weighted by molar-refractivity contribution is -0.120. The van der Waals surface area contributed by atoms with Crippen LogP contribution in [0.25, 0.3) is 0 Å². The number of carbonyl (C=O) groups is 2. The van der Waals surface area contributed by atoms with Crippen molar-refractivity contribution in [3.05, 3.63) is 69.7 Å². The smallest absolute Gasteiger partial charge is 0.253 e. The van der Waals surface area contributed by atoms with Crippen molar-refractivity contribution in [1.29, 1.82) is 0 Å². The van der Waals surface area contributed by atoms with Crippen molar-refractivity contribution in [3.8, 4) is 0 Å². The predicted molar refractivity (Wildman–Crippen MR) is 96.4 cm³/mol. The Bertz CT molecular complexity index is 717. The van der Waals surface area contributed by atoms with Crippen LogP contribution in [0.3, 0.4) is 0 Å². The number of amides is 2.